The second-order valence-corrected chi connectivity index (χ2v) is 8.06. The first-order valence-corrected chi connectivity index (χ1v) is 10.1. The number of hydrogen-bond acceptors (Lipinski definition) is 4. The zero-order chi connectivity index (χ0) is 17.4. The van der Waals surface area contributed by atoms with Crippen LogP contribution < -0.4 is 10.6 Å². The van der Waals surface area contributed by atoms with Crippen LogP contribution in [0.2, 0.25) is 0 Å². The van der Waals surface area contributed by atoms with Gasteiger partial charge < -0.3 is 15.7 Å². The first-order chi connectivity index (χ1) is 11.5. The fourth-order valence-electron chi connectivity index (χ4n) is 2.35. The van der Waals surface area contributed by atoms with Crippen molar-refractivity contribution in [2.45, 2.75) is 32.8 Å². The van der Waals surface area contributed by atoms with Crippen molar-refractivity contribution in [2.24, 2.45) is 10.9 Å². The average molecular weight is 493 g/mol. The highest BCUT2D eigenvalue weighted by atomic mass is 127. The fraction of sp³-hybridized carbons (Fsp3) is 0.500. The molecule has 2 aromatic rings. The van der Waals surface area contributed by atoms with E-state index < -0.39 is 5.60 Å². The van der Waals surface area contributed by atoms with Crippen molar-refractivity contribution in [1.82, 2.24) is 10.6 Å². The van der Waals surface area contributed by atoms with Gasteiger partial charge in [-0.2, -0.15) is 11.3 Å². The molecule has 0 aromatic carbocycles. The number of thiophene rings is 2. The van der Waals surface area contributed by atoms with E-state index in [1.54, 1.807) is 22.7 Å². The van der Waals surface area contributed by atoms with Crippen LogP contribution in [0.1, 0.15) is 31.2 Å². The zero-order valence-electron chi connectivity index (χ0n) is 15.0. The molecule has 2 unspecified atom stereocenters. The molecule has 0 bridgehead atoms. The Morgan fingerprint density at radius 1 is 1.32 bits per heavy atom. The molecule has 25 heavy (non-hydrogen) atoms. The third kappa shape index (κ3) is 7.64. The summed E-state index contributed by atoms with van der Waals surface area (Å²) in [4.78, 5) is 5.97. The van der Waals surface area contributed by atoms with E-state index in [-0.39, 0.29) is 24.0 Å². The van der Waals surface area contributed by atoms with Crippen molar-refractivity contribution >= 4 is 52.6 Å². The van der Waals surface area contributed by atoms with Gasteiger partial charge in [-0.25, -0.2) is 4.99 Å². The van der Waals surface area contributed by atoms with Crippen LogP contribution in [0.15, 0.2) is 39.3 Å². The van der Waals surface area contributed by atoms with Crippen LogP contribution >= 0.6 is 46.7 Å². The molecule has 0 amide bonds. The predicted octanol–water partition coefficient (Wildman–Crippen LogP) is 4.07. The molecule has 4 nitrogen and oxygen atoms in total. The molecule has 0 radical (unpaired) electrons. The molecule has 2 rings (SSSR count). The van der Waals surface area contributed by atoms with Gasteiger partial charge in [0.15, 0.2) is 5.96 Å². The Morgan fingerprint density at radius 2 is 2.12 bits per heavy atom. The second kappa shape index (κ2) is 11.2. The molecule has 3 N–H and O–H groups in total. The number of halogens is 1. The Kier molecular flexibility index (Phi) is 9.99. The number of rotatable bonds is 8. The van der Waals surface area contributed by atoms with Crippen LogP contribution in [0, 0.1) is 5.92 Å². The molecule has 0 aliphatic carbocycles. The molecular weight excluding hydrogens is 465 g/mol. The lowest BCUT2D eigenvalue weighted by molar-refractivity contribution is 0.0677. The molecule has 2 atom stereocenters. The summed E-state index contributed by atoms with van der Waals surface area (Å²) in [5, 5.41) is 23.3. The van der Waals surface area contributed by atoms with Crippen LogP contribution in [0.5, 0.6) is 0 Å². The summed E-state index contributed by atoms with van der Waals surface area (Å²) < 4.78 is 0. The summed E-state index contributed by atoms with van der Waals surface area (Å²) in [6.07, 6.45) is 1.07. The van der Waals surface area contributed by atoms with Gasteiger partial charge >= 0.3 is 0 Å². The van der Waals surface area contributed by atoms with Crippen molar-refractivity contribution in [3.8, 4) is 0 Å². The minimum absolute atomic E-state index is 0. The Balaban J connectivity index is 0.00000312. The molecule has 2 aromatic heterocycles. The molecule has 0 fully saturated rings. The molecule has 7 heteroatoms. The third-order valence-electron chi connectivity index (χ3n) is 3.78. The summed E-state index contributed by atoms with van der Waals surface area (Å²) in [5.41, 5.74) is -0.0246. The summed E-state index contributed by atoms with van der Waals surface area (Å²) in [6.45, 7) is 8.07. The lowest BCUT2D eigenvalue weighted by atomic mass is 10.00. The van der Waals surface area contributed by atoms with E-state index in [2.05, 4.69) is 40.1 Å². The van der Waals surface area contributed by atoms with E-state index in [0.717, 1.165) is 31.0 Å². The van der Waals surface area contributed by atoms with Crippen LogP contribution in [-0.4, -0.2) is 30.7 Å². The summed E-state index contributed by atoms with van der Waals surface area (Å²) in [6, 6.07) is 6.22. The summed E-state index contributed by atoms with van der Waals surface area (Å²) in [7, 11) is 0. The van der Waals surface area contributed by atoms with E-state index in [1.807, 2.05) is 30.7 Å². The van der Waals surface area contributed by atoms with E-state index >= 15 is 0 Å². The summed E-state index contributed by atoms with van der Waals surface area (Å²) in [5.74, 6) is 1.27. The third-order valence-corrected chi connectivity index (χ3v) is 5.36. The lowest BCUT2D eigenvalue weighted by Crippen LogP contribution is -2.40. The Hall–Kier alpha value is -0.640. The highest BCUT2D eigenvalue weighted by molar-refractivity contribution is 14.0. The van der Waals surface area contributed by atoms with Gasteiger partial charge in [0.2, 0.25) is 0 Å². The van der Waals surface area contributed by atoms with E-state index in [0.29, 0.717) is 12.5 Å². The Morgan fingerprint density at radius 3 is 2.72 bits per heavy atom. The first kappa shape index (κ1) is 22.4. The minimum atomic E-state index is -0.940. The van der Waals surface area contributed by atoms with Crippen molar-refractivity contribution in [1.29, 1.82) is 0 Å². The summed E-state index contributed by atoms with van der Waals surface area (Å²) >= 11 is 3.39. The van der Waals surface area contributed by atoms with Gasteiger partial charge in [-0.1, -0.05) is 13.0 Å². The standard InChI is InChI=1S/C18H27N3OS2.HI/c1-4-19-17(20-11-14(2)10-16-6-5-8-24-16)21-13-18(3,22)15-7-9-23-12-15;/h5-9,12,14,22H,4,10-11,13H2,1-3H3,(H2,19,20,21);1H. The molecule has 0 spiro atoms. The smallest absolute Gasteiger partial charge is 0.191 e. The normalized spacial score (nSPS) is 15.1. The average Bonchev–Trinajstić information content (AvgIpc) is 3.23. The Bertz CT molecular complexity index is 612. The quantitative estimate of drug-likeness (QED) is 0.295. The molecule has 0 saturated heterocycles. The number of nitrogens with zero attached hydrogens (tertiary/aromatic N) is 1. The molecule has 2 heterocycles. The van der Waals surface area contributed by atoms with Gasteiger partial charge in [0, 0.05) is 18.0 Å². The van der Waals surface area contributed by atoms with Gasteiger partial charge in [0.25, 0.3) is 0 Å². The van der Waals surface area contributed by atoms with E-state index in [9.17, 15) is 5.11 Å². The van der Waals surface area contributed by atoms with Gasteiger partial charge in [-0.05, 0) is 60.0 Å². The second-order valence-electron chi connectivity index (χ2n) is 6.25. The van der Waals surface area contributed by atoms with Crippen LogP contribution in [0.3, 0.4) is 0 Å². The number of nitrogens with one attached hydrogen (secondary N) is 2. The molecule has 140 valence electrons. The number of aliphatic imine (C=N–C) groups is 1. The lowest BCUT2D eigenvalue weighted by Gasteiger charge is -2.21. The molecular formula is C18H28IN3OS2. The van der Waals surface area contributed by atoms with Crippen molar-refractivity contribution in [2.75, 3.05) is 19.6 Å². The van der Waals surface area contributed by atoms with E-state index in [1.165, 1.54) is 4.88 Å². The SMILES string of the molecule is CCNC(=NCC(C)(O)c1ccsc1)NCC(C)Cc1cccs1.I. The van der Waals surface area contributed by atoms with Crippen LogP contribution in [0.4, 0.5) is 0 Å². The maximum atomic E-state index is 10.6. The fourth-order valence-corrected chi connectivity index (χ4v) is 4.00. The number of aliphatic hydroxyl groups is 1. The van der Waals surface area contributed by atoms with Crippen LogP contribution in [0.25, 0.3) is 0 Å². The zero-order valence-corrected chi connectivity index (χ0v) is 19.0. The van der Waals surface area contributed by atoms with Crippen molar-refractivity contribution in [3.05, 3.63) is 44.8 Å². The largest absolute Gasteiger partial charge is 0.383 e. The molecule has 0 aliphatic rings. The molecule has 0 saturated carbocycles. The highest BCUT2D eigenvalue weighted by Gasteiger charge is 2.23. The van der Waals surface area contributed by atoms with Gasteiger partial charge in [-0.15, -0.1) is 35.3 Å². The first-order valence-electron chi connectivity index (χ1n) is 8.31. The number of hydrogen-bond donors (Lipinski definition) is 3. The van der Waals surface area contributed by atoms with Gasteiger partial charge in [0.05, 0.1) is 6.54 Å². The highest BCUT2D eigenvalue weighted by Crippen LogP contribution is 2.23. The predicted molar refractivity (Wildman–Crippen MR) is 120 cm³/mol. The van der Waals surface area contributed by atoms with E-state index in [4.69, 9.17) is 0 Å². The molecule has 0 aliphatic heterocycles. The minimum Gasteiger partial charge on any atom is -0.383 e. The topological polar surface area (TPSA) is 56.7 Å². The van der Waals surface area contributed by atoms with Crippen molar-refractivity contribution < 1.29 is 5.11 Å². The maximum absolute atomic E-state index is 10.6. The Labute approximate surface area is 175 Å². The van der Waals surface area contributed by atoms with Gasteiger partial charge in [0.1, 0.15) is 5.60 Å². The van der Waals surface area contributed by atoms with Crippen LogP contribution in [-0.2, 0) is 12.0 Å². The maximum Gasteiger partial charge on any atom is 0.191 e. The van der Waals surface area contributed by atoms with Crippen molar-refractivity contribution in [3.63, 3.8) is 0 Å². The van der Waals surface area contributed by atoms with Gasteiger partial charge in [-0.3, -0.25) is 0 Å². The monoisotopic (exact) mass is 493 g/mol. The number of guanidine groups is 1.